The van der Waals surface area contributed by atoms with E-state index in [4.69, 9.17) is 5.73 Å². The normalized spacial score (nSPS) is 16.8. The molecule has 1 amide bonds. The zero-order chi connectivity index (χ0) is 15.1. The number of rotatable bonds is 4. The highest BCUT2D eigenvalue weighted by atomic mass is 16.1. The molecule has 0 bridgehead atoms. The van der Waals surface area contributed by atoms with Gasteiger partial charge in [-0.05, 0) is 38.0 Å². The highest BCUT2D eigenvalue weighted by Crippen LogP contribution is 2.25. The number of carbonyl (C=O) groups is 1. The predicted octanol–water partition coefficient (Wildman–Crippen LogP) is 3.54. The van der Waals surface area contributed by atoms with Crippen molar-refractivity contribution in [2.24, 2.45) is 0 Å². The van der Waals surface area contributed by atoms with Gasteiger partial charge in [-0.15, -0.1) is 0 Å². The van der Waals surface area contributed by atoms with Crippen LogP contribution in [0.25, 0.3) is 0 Å². The highest BCUT2D eigenvalue weighted by Gasteiger charge is 2.14. The summed E-state index contributed by atoms with van der Waals surface area (Å²) in [6.45, 7) is 2.55. The molecule has 0 saturated heterocycles. The lowest BCUT2D eigenvalue weighted by atomic mass is 9.96. The maximum absolute atomic E-state index is 11.9. The number of amides is 1. The van der Waals surface area contributed by atoms with E-state index in [9.17, 15) is 4.79 Å². The van der Waals surface area contributed by atoms with Gasteiger partial charge in [0.2, 0.25) is 0 Å². The molecule has 0 radical (unpaired) electrons. The van der Waals surface area contributed by atoms with Gasteiger partial charge in [0, 0.05) is 18.2 Å². The van der Waals surface area contributed by atoms with E-state index in [0.29, 0.717) is 23.8 Å². The van der Waals surface area contributed by atoms with Crippen molar-refractivity contribution in [3.8, 4) is 0 Å². The zero-order valence-corrected chi connectivity index (χ0v) is 13.0. The van der Waals surface area contributed by atoms with Gasteiger partial charge in [0.25, 0.3) is 5.91 Å². The Morgan fingerprint density at radius 2 is 1.86 bits per heavy atom. The second-order valence-corrected chi connectivity index (χ2v) is 5.85. The van der Waals surface area contributed by atoms with Gasteiger partial charge in [-0.3, -0.25) is 4.79 Å². The summed E-state index contributed by atoms with van der Waals surface area (Å²) < 4.78 is 0. The van der Waals surface area contributed by atoms with Gasteiger partial charge >= 0.3 is 0 Å². The quantitative estimate of drug-likeness (QED) is 0.743. The fourth-order valence-electron chi connectivity index (χ4n) is 2.91. The third-order valence-electron chi connectivity index (χ3n) is 4.12. The second-order valence-electron chi connectivity index (χ2n) is 5.85. The molecule has 21 heavy (non-hydrogen) atoms. The van der Waals surface area contributed by atoms with Crippen LogP contribution in [0.4, 0.5) is 11.4 Å². The van der Waals surface area contributed by atoms with Crippen LogP contribution in [0.2, 0.25) is 0 Å². The number of hydrogen-bond acceptors (Lipinski definition) is 3. The summed E-state index contributed by atoms with van der Waals surface area (Å²) in [6, 6.07) is 5.94. The number of hydrogen-bond donors (Lipinski definition) is 3. The van der Waals surface area contributed by atoms with Gasteiger partial charge in [-0.1, -0.05) is 32.1 Å². The fourth-order valence-corrected chi connectivity index (χ4v) is 2.91. The SMILES string of the molecule is CCNC(=O)c1ccc(N)c(NC2CCCCCCC2)c1. The van der Waals surface area contributed by atoms with Crippen LogP contribution < -0.4 is 16.4 Å². The van der Waals surface area contributed by atoms with E-state index in [1.54, 1.807) is 6.07 Å². The lowest BCUT2D eigenvalue weighted by Gasteiger charge is -2.23. The van der Waals surface area contributed by atoms with Crippen molar-refractivity contribution in [1.82, 2.24) is 5.32 Å². The van der Waals surface area contributed by atoms with Crippen LogP contribution >= 0.6 is 0 Å². The van der Waals surface area contributed by atoms with Crippen LogP contribution in [0.3, 0.4) is 0 Å². The molecule has 0 aliphatic heterocycles. The Morgan fingerprint density at radius 1 is 1.19 bits per heavy atom. The van der Waals surface area contributed by atoms with E-state index in [-0.39, 0.29) is 5.91 Å². The van der Waals surface area contributed by atoms with E-state index >= 15 is 0 Å². The molecule has 1 saturated carbocycles. The Morgan fingerprint density at radius 3 is 2.52 bits per heavy atom. The predicted molar refractivity (Wildman–Crippen MR) is 88.6 cm³/mol. The van der Waals surface area contributed by atoms with Crippen LogP contribution in [-0.4, -0.2) is 18.5 Å². The molecule has 2 rings (SSSR count). The van der Waals surface area contributed by atoms with E-state index in [1.165, 1.54) is 44.9 Å². The smallest absolute Gasteiger partial charge is 0.251 e. The molecule has 116 valence electrons. The Balaban J connectivity index is 2.06. The average molecular weight is 289 g/mol. The standard InChI is InChI=1S/C17H27N3O/c1-2-19-17(21)13-10-11-15(18)16(12-13)20-14-8-6-4-3-5-7-9-14/h10-12,14,20H,2-9,18H2,1H3,(H,19,21). The summed E-state index contributed by atoms with van der Waals surface area (Å²) in [5, 5.41) is 6.37. The topological polar surface area (TPSA) is 67.2 Å². The third kappa shape index (κ3) is 4.66. The van der Waals surface area contributed by atoms with Gasteiger partial charge in [0.15, 0.2) is 0 Å². The Labute approximate surface area is 127 Å². The largest absolute Gasteiger partial charge is 0.397 e. The Kier molecular flexibility index (Phi) is 5.90. The van der Waals surface area contributed by atoms with E-state index in [1.807, 2.05) is 19.1 Å². The molecule has 0 spiro atoms. The van der Waals surface area contributed by atoms with Crippen molar-refractivity contribution in [3.63, 3.8) is 0 Å². The molecule has 1 aromatic rings. The maximum Gasteiger partial charge on any atom is 0.251 e. The molecule has 0 aromatic heterocycles. The van der Waals surface area contributed by atoms with Gasteiger partial charge in [0.1, 0.15) is 0 Å². The number of nitrogens with two attached hydrogens (primary N) is 1. The molecule has 1 aliphatic carbocycles. The van der Waals surface area contributed by atoms with Crippen molar-refractivity contribution in [1.29, 1.82) is 0 Å². The van der Waals surface area contributed by atoms with E-state index < -0.39 is 0 Å². The summed E-state index contributed by atoms with van der Waals surface area (Å²) >= 11 is 0. The van der Waals surface area contributed by atoms with Crippen LogP contribution in [0.5, 0.6) is 0 Å². The van der Waals surface area contributed by atoms with Crippen LogP contribution in [0.1, 0.15) is 62.2 Å². The lowest BCUT2D eigenvalue weighted by molar-refractivity contribution is 0.0956. The van der Waals surface area contributed by atoms with Crippen LogP contribution in [-0.2, 0) is 0 Å². The van der Waals surface area contributed by atoms with E-state index in [0.717, 1.165) is 5.69 Å². The minimum Gasteiger partial charge on any atom is -0.397 e. The molecule has 0 unspecified atom stereocenters. The van der Waals surface area contributed by atoms with Gasteiger partial charge in [-0.25, -0.2) is 0 Å². The van der Waals surface area contributed by atoms with Crippen molar-refractivity contribution < 1.29 is 4.79 Å². The molecule has 1 aromatic carbocycles. The first-order valence-corrected chi connectivity index (χ1v) is 8.15. The van der Waals surface area contributed by atoms with Crippen LogP contribution in [0, 0.1) is 0 Å². The molecular weight excluding hydrogens is 262 g/mol. The first-order valence-electron chi connectivity index (χ1n) is 8.15. The van der Waals surface area contributed by atoms with Crippen molar-refractivity contribution >= 4 is 17.3 Å². The molecule has 4 N–H and O–H groups in total. The summed E-state index contributed by atoms with van der Waals surface area (Å²) in [5.41, 5.74) is 8.33. The molecule has 1 fully saturated rings. The van der Waals surface area contributed by atoms with Gasteiger partial charge < -0.3 is 16.4 Å². The zero-order valence-electron chi connectivity index (χ0n) is 13.0. The van der Waals surface area contributed by atoms with Crippen molar-refractivity contribution in [2.75, 3.05) is 17.6 Å². The summed E-state index contributed by atoms with van der Waals surface area (Å²) in [5.74, 6) is -0.0433. The Bertz CT molecular complexity index is 465. The second kappa shape index (κ2) is 7.91. The third-order valence-corrected chi connectivity index (χ3v) is 4.12. The average Bonchev–Trinajstić information content (AvgIpc) is 2.44. The number of carbonyl (C=O) groups excluding carboxylic acids is 1. The van der Waals surface area contributed by atoms with Gasteiger partial charge in [0.05, 0.1) is 11.4 Å². The molecule has 0 heterocycles. The lowest BCUT2D eigenvalue weighted by Crippen LogP contribution is -2.24. The summed E-state index contributed by atoms with van der Waals surface area (Å²) in [4.78, 5) is 11.9. The molecule has 0 atom stereocenters. The first-order chi connectivity index (χ1) is 10.2. The molecule has 4 nitrogen and oxygen atoms in total. The highest BCUT2D eigenvalue weighted by molar-refractivity contribution is 5.96. The minimum absolute atomic E-state index is 0.0433. The van der Waals surface area contributed by atoms with Gasteiger partial charge in [-0.2, -0.15) is 0 Å². The first kappa shape index (κ1) is 15.7. The summed E-state index contributed by atoms with van der Waals surface area (Å²) in [7, 11) is 0. The molecule has 1 aliphatic rings. The number of nitrogens with one attached hydrogen (secondary N) is 2. The van der Waals surface area contributed by atoms with Crippen molar-refractivity contribution in [2.45, 2.75) is 57.9 Å². The number of benzene rings is 1. The fraction of sp³-hybridized carbons (Fsp3) is 0.588. The number of nitrogen functional groups attached to an aromatic ring is 1. The number of anilines is 2. The monoisotopic (exact) mass is 289 g/mol. The maximum atomic E-state index is 11.9. The molecule has 4 heteroatoms. The summed E-state index contributed by atoms with van der Waals surface area (Å²) in [6.07, 6.45) is 8.93. The van der Waals surface area contributed by atoms with Crippen molar-refractivity contribution in [3.05, 3.63) is 23.8 Å². The van der Waals surface area contributed by atoms with E-state index in [2.05, 4.69) is 10.6 Å². The Hall–Kier alpha value is -1.71. The molecular formula is C17H27N3O. The van der Waals surface area contributed by atoms with Crippen LogP contribution in [0.15, 0.2) is 18.2 Å². The minimum atomic E-state index is -0.0433.